The Morgan fingerprint density at radius 3 is 2.50 bits per heavy atom. The number of benzene rings is 1. The molecule has 104 valence electrons. The summed E-state index contributed by atoms with van der Waals surface area (Å²) in [6.45, 7) is 3.78. The van der Waals surface area contributed by atoms with E-state index in [1.807, 2.05) is 19.9 Å². The van der Waals surface area contributed by atoms with Gasteiger partial charge in [0.25, 0.3) is 0 Å². The first kappa shape index (κ1) is 14.3. The minimum absolute atomic E-state index is 0.0899. The molecular weight excluding hydrogens is 278 g/mol. The van der Waals surface area contributed by atoms with Crippen molar-refractivity contribution in [2.24, 2.45) is 0 Å². The highest BCUT2D eigenvalue weighted by atomic mass is 35.5. The van der Waals surface area contributed by atoms with Crippen molar-refractivity contribution in [2.75, 3.05) is 12.8 Å². The monoisotopic (exact) mass is 291 g/mol. The van der Waals surface area contributed by atoms with E-state index in [9.17, 15) is 4.79 Å². The van der Waals surface area contributed by atoms with Crippen molar-refractivity contribution in [2.45, 2.75) is 13.8 Å². The summed E-state index contributed by atoms with van der Waals surface area (Å²) >= 11 is 5.89. The van der Waals surface area contributed by atoms with Crippen molar-refractivity contribution in [1.29, 1.82) is 0 Å². The molecule has 1 heterocycles. The zero-order chi connectivity index (χ0) is 14.9. The Bertz CT molecular complexity index is 666. The van der Waals surface area contributed by atoms with E-state index in [1.165, 1.54) is 7.11 Å². The first-order chi connectivity index (χ1) is 9.42. The van der Waals surface area contributed by atoms with Crippen LogP contribution >= 0.6 is 11.6 Å². The Morgan fingerprint density at radius 2 is 1.90 bits per heavy atom. The summed E-state index contributed by atoms with van der Waals surface area (Å²) < 4.78 is 4.77. The van der Waals surface area contributed by atoms with Crippen LogP contribution in [0.3, 0.4) is 0 Å². The lowest BCUT2D eigenvalue weighted by atomic mass is 9.98. The number of hydrogen-bond acceptors (Lipinski definition) is 5. The predicted molar refractivity (Wildman–Crippen MR) is 77.7 cm³/mol. The number of carbonyl (C=O) groups excluding carboxylic acids is 1. The number of rotatable bonds is 2. The van der Waals surface area contributed by atoms with Crippen LogP contribution in [0.2, 0.25) is 5.15 Å². The Kier molecular flexibility index (Phi) is 3.90. The predicted octanol–water partition coefficient (Wildman–Crippen LogP) is 2.78. The van der Waals surface area contributed by atoms with E-state index in [4.69, 9.17) is 22.1 Å². The van der Waals surface area contributed by atoms with Gasteiger partial charge in [-0.05, 0) is 31.0 Å². The lowest BCUT2D eigenvalue weighted by Crippen LogP contribution is -2.05. The summed E-state index contributed by atoms with van der Waals surface area (Å²) in [7, 11) is 1.35. The lowest BCUT2D eigenvalue weighted by Gasteiger charge is -2.11. The molecule has 0 saturated carbocycles. The Balaban J connectivity index is 2.64. The van der Waals surface area contributed by atoms with Gasteiger partial charge in [-0.1, -0.05) is 17.7 Å². The van der Waals surface area contributed by atoms with Crippen LogP contribution in [-0.4, -0.2) is 23.0 Å². The van der Waals surface area contributed by atoms with Crippen molar-refractivity contribution in [3.63, 3.8) is 0 Å². The highest BCUT2D eigenvalue weighted by molar-refractivity contribution is 6.29. The summed E-state index contributed by atoms with van der Waals surface area (Å²) in [5.74, 6) is -0.302. The van der Waals surface area contributed by atoms with E-state index in [2.05, 4.69) is 9.97 Å². The molecule has 1 aromatic heterocycles. The number of esters is 1. The fourth-order valence-corrected chi connectivity index (χ4v) is 2.22. The van der Waals surface area contributed by atoms with Gasteiger partial charge in [-0.15, -0.1) is 0 Å². The van der Waals surface area contributed by atoms with Gasteiger partial charge in [0.2, 0.25) is 5.95 Å². The molecule has 6 heteroatoms. The van der Waals surface area contributed by atoms with E-state index in [0.29, 0.717) is 11.3 Å². The van der Waals surface area contributed by atoms with E-state index in [-0.39, 0.29) is 11.1 Å². The summed E-state index contributed by atoms with van der Waals surface area (Å²) in [5.41, 5.74) is 9.24. The van der Waals surface area contributed by atoms with Gasteiger partial charge in [-0.2, -0.15) is 0 Å². The lowest BCUT2D eigenvalue weighted by molar-refractivity contribution is 0.0600. The average molecular weight is 292 g/mol. The number of hydrogen-bond donors (Lipinski definition) is 1. The molecule has 0 radical (unpaired) electrons. The van der Waals surface area contributed by atoms with Crippen LogP contribution < -0.4 is 5.73 Å². The number of aryl methyl sites for hydroxylation is 2. The summed E-state index contributed by atoms with van der Waals surface area (Å²) in [4.78, 5) is 19.7. The molecule has 1 aromatic carbocycles. The average Bonchev–Trinajstić information content (AvgIpc) is 2.36. The molecule has 0 fully saturated rings. The SMILES string of the molecule is COC(=O)c1cc(-c2cc(Cl)nc(N)n2)c(C)cc1C. The molecule has 2 N–H and O–H groups in total. The fraction of sp³-hybridized carbons (Fsp3) is 0.214. The van der Waals surface area contributed by atoms with Crippen LogP contribution in [0.4, 0.5) is 5.95 Å². The van der Waals surface area contributed by atoms with Crippen LogP contribution in [0, 0.1) is 13.8 Å². The second-order valence-corrected chi connectivity index (χ2v) is 4.79. The fourth-order valence-electron chi connectivity index (χ4n) is 2.03. The van der Waals surface area contributed by atoms with Crippen molar-refractivity contribution in [3.05, 3.63) is 40.0 Å². The normalized spacial score (nSPS) is 10.4. The number of aromatic nitrogens is 2. The number of nitrogens with two attached hydrogens (primary N) is 1. The maximum absolute atomic E-state index is 11.8. The van der Waals surface area contributed by atoms with Gasteiger partial charge in [0, 0.05) is 11.6 Å². The van der Waals surface area contributed by atoms with Gasteiger partial charge in [-0.25, -0.2) is 14.8 Å². The van der Waals surface area contributed by atoms with Crippen LogP contribution in [0.15, 0.2) is 18.2 Å². The molecule has 0 aliphatic carbocycles. The number of halogens is 1. The topological polar surface area (TPSA) is 78.1 Å². The molecule has 2 rings (SSSR count). The molecule has 2 aromatic rings. The Morgan fingerprint density at radius 1 is 1.20 bits per heavy atom. The number of anilines is 1. The van der Waals surface area contributed by atoms with Gasteiger partial charge in [-0.3, -0.25) is 0 Å². The van der Waals surface area contributed by atoms with Gasteiger partial charge < -0.3 is 10.5 Å². The highest BCUT2D eigenvalue weighted by Gasteiger charge is 2.14. The van der Waals surface area contributed by atoms with E-state index < -0.39 is 5.97 Å². The standard InChI is InChI=1S/C14H14ClN3O2/c1-7-4-8(2)10(13(19)20-3)5-9(7)11-6-12(15)18-14(16)17-11/h4-6H,1-3H3,(H2,16,17,18). The largest absolute Gasteiger partial charge is 0.465 e. The molecule has 0 atom stereocenters. The van der Waals surface area contributed by atoms with Crippen LogP contribution in [0.25, 0.3) is 11.3 Å². The second-order valence-electron chi connectivity index (χ2n) is 4.41. The van der Waals surface area contributed by atoms with E-state index in [1.54, 1.807) is 12.1 Å². The molecule has 20 heavy (non-hydrogen) atoms. The van der Waals surface area contributed by atoms with Crippen molar-refractivity contribution in [1.82, 2.24) is 9.97 Å². The zero-order valence-electron chi connectivity index (χ0n) is 11.4. The highest BCUT2D eigenvalue weighted by Crippen LogP contribution is 2.27. The van der Waals surface area contributed by atoms with Gasteiger partial charge in [0.05, 0.1) is 18.4 Å². The maximum atomic E-state index is 11.8. The van der Waals surface area contributed by atoms with Gasteiger partial charge >= 0.3 is 5.97 Å². The van der Waals surface area contributed by atoms with Crippen molar-refractivity contribution in [3.8, 4) is 11.3 Å². The first-order valence-corrected chi connectivity index (χ1v) is 6.30. The number of nitrogen functional groups attached to an aromatic ring is 1. The first-order valence-electron chi connectivity index (χ1n) is 5.92. The van der Waals surface area contributed by atoms with Crippen molar-refractivity contribution >= 4 is 23.5 Å². The molecule has 0 aliphatic rings. The number of carbonyl (C=O) groups is 1. The quantitative estimate of drug-likeness (QED) is 0.680. The molecule has 0 unspecified atom stereocenters. The third kappa shape index (κ3) is 2.72. The van der Waals surface area contributed by atoms with Crippen LogP contribution in [0.5, 0.6) is 0 Å². The van der Waals surface area contributed by atoms with Crippen LogP contribution in [0.1, 0.15) is 21.5 Å². The molecule has 5 nitrogen and oxygen atoms in total. The number of ether oxygens (including phenoxy) is 1. The number of nitrogens with zero attached hydrogens (tertiary/aromatic N) is 2. The molecule has 0 amide bonds. The molecular formula is C14H14ClN3O2. The number of methoxy groups -OCH3 is 1. The third-order valence-corrected chi connectivity index (χ3v) is 3.16. The summed E-state index contributed by atoms with van der Waals surface area (Å²) in [6, 6.07) is 5.24. The second kappa shape index (κ2) is 5.46. The minimum Gasteiger partial charge on any atom is -0.465 e. The minimum atomic E-state index is -0.392. The Labute approximate surface area is 121 Å². The molecule has 0 bridgehead atoms. The maximum Gasteiger partial charge on any atom is 0.338 e. The van der Waals surface area contributed by atoms with Crippen molar-refractivity contribution < 1.29 is 9.53 Å². The van der Waals surface area contributed by atoms with Crippen LogP contribution in [-0.2, 0) is 4.74 Å². The third-order valence-electron chi connectivity index (χ3n) is 2.96. The smallest absolute Gasteiger partial charge is 0.338 e. The van der Waals surface area contributed by atoms with E-state index in [0.717, 1.165) is 16.7 Å². The van der Waals surface area contributed by atoms with E-state index >= 15 is 0 Å². The molecule has 0 saturated heterocycles. The molecule has 0 spiro atoms. The van der Waals surface area contributed by atoms with Gasteiger partial charge in [0.1, 0.15) is 5.15 Å². The summed E-state index contributed by atoms with van der Waals surface area (Å²) in [6.07, 6.45) is 0. The Hall–Kier alpha value is -2.14. The van der Waals surface area contributed by atoms with Gasteiger partial charge in [0.15, 0.2) is 0 Å². The summed E-state index contributed by atoms with van der Waals surface area (Å²) in [5, 5.41) is 0.257. The molecule has 0 aliphatic heterocycles. The zero-order valence-corrected chi connectivity index (χ0v) is 12.2.